The zero-order valence-electron chi connectivity index (χ0n) is 20.8. The van der Waals surface area contributed by atoms with Gasteiger partial charge in [-0.05, 0) is 67.5 Å². The van der Waals surface area contributed by atoms with Crippen molar-refractivity contribution in [3.05, 3.63) is 81.8 Å². The first kappa shape index (κ1) is 25.2. The smallest absolute Gasteiger partial charge is 0.229 e. The molecular weight excluding hydrogens is 459 g/mol. The summed E-state index contributed by atoms with van der Waals surface area (Å²) >= 11 is 6.04. The van der Waals surface area contributed by atoms with E-state index in [1.54, 1.807) is 6.07 Å². The van der Waals surface area contributed by atoms with E-state index in [4.69, 9.17) is 16.6 Å². The molecule has 0 amide bonds. The number of nitrogens with zero attached hydrogens (tertiary/aromatic N) is 2. The van der Waals surface area contributed by atoms with Crippen LogP contribution in [-0.2, 0) is 6.42 Å². The van der Waals surface area contributed by atoms with Gasteiger partial charge in [-0.25, -0.2) is 9.37 Å². The Hall–Kier alpha value is -2.92. The molecule has 0 bridgehead atoms. The molecule has 0 radical (unpaired) electrons. The summed E-state index contributed by atoms with van der Waals surface area (Å²) in [5.41, 5.74) is 6.42. The Balaban J connectivity index is 1.76. The highest BCUT2D eigenvalue weighted by Crippen LogP contribution is 2.34. The zero-order valence-corrected chi connectivity index (χ0v) is 21.6. The van der Waals surface area contributed by atoms with Gasteiger partial charge in [0.1, 0.15) is 11.6 Å². The summed E-state index contributed by atoms with van der Waals surface area (Å²) in [4.78, 5) is 9.51. The number of aromatic nitrogens is 2. The first-order valence-corrected chi connectivity index (χ1v) is 13.0. The van der Waals surface area contributed by atoms with Crippen molar-refractivity contribution in [3.63, 3.8) is 0 Å². The molecule has 6 heteroatoms. The fourth-order valence-electron chi connectivity index (χ4n) is 4.65. The minimum absolute atomic E-state index is 0.323. The molecule has 0 saturated heterocycles. The molecule has 0 atom stereocenters. The van der Waals surface area contributed by atoms with Crippen LogP contribution in [0.2, 0.25) is 5.02 Å². The average molecular weight is 493 g/mol. The highest BCUT2D eigenvalue weighted by Gasteiger charge is 2.20. The minimum Gasteiger partial charge on any atom is -0.367 e. The summed E-state index contributed by atoms with van der Waals surface area (Å²) in [6, 6.07) is 13.5. The number of allylic oxidation sites excluding steroid dienone is 1. The van der Waals surface area contributed by atoms with Crippen LogP contribution in [-0.4, -0.2) is 16.0 Å². The Bertz CT molecular complexity index is 1160. The van der Waals surface area contributed by atoms with Crippen LogP contribution in [0.5, 0.6) is 0 Å². The molecule has 1 aliphatic carbocycles. The van der Waals surface area contributed by atoms with Crippen molar-refractivity contribution < 1.29 is 4.39 Å². The Morgan fingerprint density at radius 3 is 2.46 bits per heavy atom. The van der Waals surface area contributed by atoms with Crippen molar-refractivity contribution in [2.24, 2.45) is 0 Å². The second-order valence-electron chi connectivity index (χ2n) is 9.28. The van der Waals surface area contributed by atoms with Crippen molar-refractivity contribution >= 4 is 34.6 Å². The van der Waals surface area contributed by atoms with Gasteiger partial charge in [0.05, 0.1) is 0 Å². The quantitative estimate of drug-likeness (QED) is 0.330. The molecule has 184 valence electrons. The summed E-state index contributed by atoms with van der Waals surface area (Å²) in [7, 11) is 0. The third kappa shape index (κ3) is 6.40. The van der Waals surface area contributed by atoms with Gasteiger partial charge < -0.3 is 10.6 Å². The summed E-state index contributed by atoms with van der Waals surface area (Å²) < 4.78 is 13.9. The Morgan fingerprint density at radius 1 is 1.06 bits per heavy atom. The van der Waals surface area contributed by atoms with Gasteiger partial charge in [-0.2, -0.15) is 4.98 Å². The van der Waals surface area contributed by atoms with E-state index in [2.05, 4.69) is 60.7 Å². The lowest BCUT2D eigenvalue weighted by molar-refractivity contribution is 0.462. The normalized spacial score (nSPS) is 15.0. The monoisotopic (exact) mass is 492 g/mol. The van der Waals surface area contributed by atoms with Crippen LogP contribution in [0, 0.1) is 5.82 Å². The minimum atomic E-state index is -0.406. The molecule has 0 spiro atoms. The van der Waals surface area contributed by atoms with E-state index in [-0.39, 0.29) is 0 Å². The lowest BCUT2D eigenvalue weighted by Crippen LogP contribution is -2.24. The Kier molecular flexibility index (Phi) is 8.40. The van der Waals surface area contributed by atoms with Crippen LogP contribution >= 0.6 is 11.6 Å². The highest BCUT2D eigenvalue weighted by atomic mass is 35.5. The SMILES string of the molecule is CCC(C)=C(c1ccc(CC)cc1)c1cnc(Nc2cc(F)cc(Cl)c2)nc1NC1CCCCC1. The van der Waals surface area contributed by atoms with Crippen molar-refractivity contribution in [2.45, 2.75) is 71.8 Å². The predicted molar refractivity (Wildman–Crippen MR) is 145 cm³/mol. The van der Waals surface area contributed by atoms with Gasteiger partial charge in [-0.15, -0.1) is 0 Å². The number of aryl methyl sites for hydroxylation is 1. The third-order valence-electron chi connectivity index (χ3n) is 6.73. The molecule has 2 N–H and O–H groups in total. The topological polar surface area (TPSA) is 49.8 Å². The van der Waals surface area contributed by atoms with E-state index in [0.717, 1.165) is 48.2 Å². The zero-order chi connectivity index (χ0) is 24.8. The molecule has 1 saturated carbocycles. The molecule has 3 aromatic rings. The number of rotatable bonds is 8. The summed E-state index contributed by atoms with van der Waals surface area (Å²) in [6.07, 6.45) is 9.80. The highest BCUT2D eigenvalue weighted by molar-refractivity contribution is 6.30. The summed E-state index contributed by atoms with van der Waals surface area (Å²) in [5.74, 6) is 0.805. The van der Waals surface area contributed by atoms with E-state index >= 15 is 0 Å². The number of hydrogen-bond acceptors (Lipinski definition) is 4. The van der Waals surface area contributed by atoms with Crippen molar-refractivity contribution in [3.8, 4) is 0 Å². The predicted octanol–water partition coefficient (Wildman–Crippen LogP) is 8.55. The molecular formula is C29H34ClFN4. The van der Waals surface area contributed by atoms with Gasteiger partial charge in [-0.1, -0.05) is 74.5 Å². The van der Waals surface area contributed by atoms with E-state index in [0.29, 0.717) is 22.7 Å². The number of nitrogens with one attached hydrogen (secondary N) is 2. The van der Waals surface area contributed by atoms with Crippen molar-refractivity contribution in [1.82, 2.24) is 9.97 Å². The first-order chi connectivity index (χ1) is 17.0. The van der Waals surface area contributed by atoms with E-state index in [1.807, 2.05) is 6.20 Å². The molecule has 4 nitrogen and oxygen atoms in total. The molecule has 1 heterocycles. The van der Waals surface area contributed by atoms with Crippen LogP contribution in [0.25, 0.3) is 5.57 Å². The Labute approximate surface area is 213 Å². The van der Waals surface area contributed by atoms with Gasteiger partial charge in [0, 0.05) is 28.5 Å². The molecule has 0 aliphatic heterocycles. The van der Waals surface area contributed by atoms with Gasteiger partial charge in [0.15, 0.2) is 0 Å². The fraction of sp³-hybridized carbons (Fsp3) is 0.379. The van der Waals surface area contributed by atoms with Gasteiger partial charge >= 0.3 is 0 Å². The van der Waals surface area contributed by atoms with E-state index in [1.165, 1.54) is 42.5 Å². The van der Waals surface area contributed by atoms with E-state index in [9.17, 15) is 4.39 Å². The lowest BCUT2D eigenvalue weighted by Gasteiger charge is -2.25. The molecule has 35 heavy (non-hydrogen) atoms. The lowest BCUT2D eigenvalue weighted by atomic mass is 9.91. The average Bonchev–Trinajstić information content (AvgIpc) is 2.85. The standard InChI is InChI=1S/C29H34ClFN4/c1-4-19(3)27(21-13-11-20(5-2)12-14-21)26-18-32-29(34-25-16-22(30)15-23(31)17-25)35-28(26)33-24-9-7-6-8-10-24/h11-18,24H,4-10H2,1-3H3,(H2,32,33,34,35). The maximum atomic E-state index is 13.9. The molecule has 4 rings (SSSR count). The first-order valence-electron chi connectivity index (χ1n) is 12.6. The van der Waals surface area contributed by atoms with Crippen LogP contribution < -0.4 is 10.6 Å². The summed E-state index contributed by atoms with van der Waals surface area (Å²) in [6.45, 7) is 6.52. The van der Waals surface area contributed by atoms with Gasteiger partial charge in [0.2, 0.25) is 5.95 Å². The maximum absolute atomic E-state index is 13.9. The fourth-order valence-corrected chi connectivity index (χ4v) is 4.87. The second-order valence-corrected chi connectivity index (χ2v) is 9.71. The largest absolute Gasteiger partial charge is 0.367 e. The van der Waals surface area contributed by atoms with Crippen LogP contribution in [0.15, 0.2) is 54.2 Å². The number of halogens is 2. The number of hydrogen-bond donors (Lipinski definition) is 2. The van der Waals surface area contributed by atoms with E-state index < -0.39 is 5.82 Å². The van der Waals surface area contributed by atoms with Gasteiger partial charge in [0.25, 0.3) is 0 Å². The maximum Gasteiger partial charge on any atom is 0.229 e. The number of benzene rings is 2. The molecule has 1 aliphatic rings. The van der Waals surface area contributed by atoms with Crippen LogP contribution in [0.3, 0.4) is 0 Å². The van der Waals surface area contributed by atoms with Crippen LogP contribution in [0.4, 0.5) is 21.8 Å². The molecule has 2 aromatic carbocycles. The molecule has 0 unspecified atom stereocenters. The number of anilines is 3. The van der Waals surface area contributed by atoms with Crippen LogP contribution in [0.1, 0.15) is 76.0 Å². The molecule has 1 fully saturated rings. The second kappa shape index (κ2) is 11.7. The van der Waals surface area contributed by atoms with Crippen molar-refractivity contribution in [1.29, 1.82) is 0 Å². The third-order valence-corrected chi connectivity index (χ3v) is 6.95. The Morgan fingerprint density at radius 2 is 1.80 bits per heavy atom. The van der Waals surface area contributed by atoms with Gasteiger partial charge in [-0.3, -0.25) is 0 Å². The van der Waals surface area contributed by atoms with Crippen molar-refractivity contribution in [2.75, 3.05) is 10.6 Å². The molecule has 1 aromatic heterocycles. The summed E-state index contributed by atoms with van der Waals surface area (Å²) in [5, 5.41) is 7.17.